The lowest BCUT2D eigenvalue weighted by atomic mass is 9.95. The first-order valence-electron chi connectivity index (χ1n) is 20.2. The van der Waals surface area contributed by atoms with Crippen molar-refractivity contribution in [2.24, 2.45) is 5.92 Å². The van der Waals surface area contributed by atoms with Crippen LogP contribution in [0, 0.1) is 5.92 Å². The van der Waals surface area contributed by atoms with Crippen LogP contribution in [0.4, 0.5) is 0 Å². The lowest BCUT2D eigenvalue weighted by Gasteiger charge is -2.44. The quantitative estimate of drug-likeness (QED) is 0.0345. The van der Waals surface area contributed by atoms with Crippen molar-refractivity contribution in [2.45, 2.75) is 173 Å². The Bertz CT molecular complexity index is 992. The highest BCUT2D eigenvalue weighted by atomic mass is 16.7. The van der Waals surface area contributed by atoms with Crippen LogP contribution >= 0.6 is 0 Å². The summed E-state index contributed by atoms with van der Waals surface area (Å²) < 4.78 is 10.7. The summed E-state index contributed by atoms with van der Waals surface area (Å²) in [7, 11) is 5.52. The van der Waals surface area contributed by atoms with Gasteiger partial charge in [-0.25, -0.2) is 5.01 Å². The molecule has 0 radical (unpaired) electrons. The summed E-state index contributed by atoms with van der Waals surface area (Å²) in [5, 5.41) is 66.6. The van der Waals surface area contributed by atoms with E-state index in [4.69, 9.17) is 9.47 Å². The molecule has 1 rings (SSSR count). The van der Waals surface area contributed by atoms with Gasteiger partial charge < -0.3 is 55.1 Å². The standard InChI is InChI=1S/C25H50N4O10.C14H28O/c1-8-18(33)29(27(5)6)25(3,4)14-28(7)11-9-10-26-23(37)21(36)20(35)22(16(31)12-30)39-24-19(34)15(2)17(32)13-38-24;1-2-3-4-5-6-7-8-9-10-11-12-13-14-15/h15-17,19-22,24,30-32,34-36H,8-14H2,1-7H3,(H,26,37);14H,2-13H2,1H3. The highest BCUT2D eigenvalue weighted by Crippen LogP contribution is 2.25. The van der Waals surface area contributed by atoms with Crippen LogP contribution in [-0.4, -0.2) is 166 Å². The molecule has 8 unspecified atom stereocenters. The lowest BCUT2D eigenvalue weighted by Crippen LogP contribution is -2.58. The van der Waals surface area contributed by atoms with Crippen LogP contribution in [0.2, 0.25) is 0 Å². The van der Waals surface area contributed by atoms with E-state index in [2.05, 4.69) is 12.2 Å². The number of likely N-dealkylation sites (N-methyl/N-ethyl adjacent to an activating group) is 1. The average Bonchev–Trinajstić information content (AvgIpc) is 3.13. The van der Waals surface area contributed by atoms with Crippen LogP contribution in [0.15, 0.2) is 0 Å². The SMILES string of the molecule is CCC(=O)N(N(C)C)C(C)(C)CN(C)CCCNC(=O)C(O)C(O)C(OC1OCC(O)C(C)C1O)C(O)CO.CCCCCCCCCCCCCC=O. The molecule has 7 N–H and O–H groups in total. The third-order valence-corrected chi connectivity index (χ3v) is 9.75. The number of carbonyl (C=O) groups excluding carboxylic acids is 3. The number of nitrogens with zero attached hydrogens (tertiary/aromatic N) is 3. The molecule has 1 fully saturated rings. The number of hydrogen-bond donors (Lipinski definition) is 7. The Morgan fingerprint density at radius 1 is 0.926 bits per heavy atom. The molecule has 0 aromatic heterocycles. The van der Waals surface area contributed by atoms with E-state index >= 15 is 0 Å². The van der Waals surface area contributed by atoms with E-state index in [1.165, 1.54) is 64.2 Å². The summed E-state index contributed by atoms with van der Waals surface area (Å²) in [4.78, 5) is 37.0. The van der Waals surface area contributed by atoms with Gasteiger partial charge in [0.2, 0.25) is 5.91 Å². The first kappa shape index (κ1) is 52.2. The summed E-state index contributed by atoms with van der Waals surface area (Å²) in [6.45, 7) is 9.86. The zero-order valence-electron chi connectivity index (χ0n) is 34.7. The second kappa shape index (κ2) is 29.5. The smallest absolute Gasteiger partial charge is 0.251 e. The van der Waals surface area contributed by atoms with E-state index in [-0.39, 0.29) is 19.1 Å². The minimum absolute atomic E-state index is 0.00321. The highest BCUT2D eigenvalue weighted by Gasteiger charge is 2.43. The topological polar surface area (TPSA) is 213 Å². The Kier molecular flexibility index (Phi) is 28.5. The second-order valence-corrected chi connectivity index (χ2v) is 15.5. The van der Waals surface area contributed by atoms with Gasteiger partial charge in [-0.15, -0.1) is 0 Å². The monoisotopic (exact) mass is 779 g/mol. The minimum atomic E-state index is -2.01. The molecule has 0 spiro atoms. The van der Waals surface area contributed by atoms with Gasteiger partial charge in [0.05, 0.1) is 24.9 Å². The maximum absolute atomic E-state index is 12.5. The molecule has 0 aromatic carbocycles. The molecule has 1 aliphatic rings. The van der Waals surface area contributed by atoms with Gasteiger partial charge in [0.25, 0.3) is 5.91 Å². The van der Waals surface area contributed by atoms with Gasteiger partial charge in [-0.3, -0.25) is 14.6 Å². The summed E-state index contributed by atoms with van der Waals surface area (Å²) in [5.41, 5.74) is -0.483. The number of rotatable bonds is 28. The van der Waals surface area contributed by atoms with Crippen LogP contribution in [0.25, 0.3) is 0 Å². The van der Waals surface area contributed by atoms with Crippen LogP contribution in [0.3, 0.4) is 0 Å². The van der Waals surface area contributed by atoms with Gasteiger partial charge in [0.1, 0.15) is 30.7 Å². The zero-order valence-corrected chi connectivity index (χ0v) is 34.7. The molecule has 1 aliphatic heterocycles. The minimum Gasteiger partial charge on any atom is -0.394 e. The van der Waals surface area contributed by atoms with Crippen molar-refractivity contribution in [3.8, 4) is 0 Å². The van der Waals surface area contributed by atoms with E-state index in [0.717, 1.165) is 19.1 Å². The van der Waals surface area contributed by atoms with Crippen LogP contribution < -0.4 is 5.32 Å². The average molecular weight is 779 g/mol. The molecule has 1 saturated heterocycles. The summed E-state index contributed by atoms with van der Waals surface area (Å²) in [6, 6.07) is 0. The van der Waals surface area contributed by atoms with Gasteiger partial charge in [0, 0.05) is 45.9 Å². The number of unbranched alkanes of at least 4 members (excludes halogenated alkanes) is 11. The predicted octanol–water partition coefficient (Wildman–Crippen LogP) is 1.98. The number of aldehydes is 1. The van der Waals surface area contributed by atoms with Crippen molar-refractivity contribution < 1.29 is 54.5 Å². The Morgan fingerprint density at radius 2 is 1.48 bits per heavy atom. The number of carbonyl (C=O) groups is 3. The number of hydrazine groups is 1. The Hall–Kier alpha value is -1.79. The van der Waals surface area contributed by atoms with Gasteiger partial charge in [-0.2, -0.15) is 0 Å². The predicted molar refractivity (Wildman–Crippen MR) is 208 cm³/mol. The van der Waals surface area contributed by atoms with E-state index in [9.17, 15) is 45.0 Å². The van der Waals surface area contributed by atoms with E-state index < -0.39 is 66.9 Å². The fourth-order valence-corrected chi connectivity index (χ4v) is 6.65. The summed E-state index contributed by atoms with van der Waals surface area (Å²) in [5.74, 6) is -1.54. The van der Waals surface area contributed by atoms with Crippen molar-refractivity contribution in [1.29, 1.82) is 0 Å². The molecule has 2 amide bonds. The summed E-state index contributed by atoms with van der Waals surface area (Å²) >= 11 is 0. The van der Waals surface area contributed by atoms with E-state index in [1.54, 1.807) is 16.9 Å². The van der Waals surface area contributed by atoms with Gasteiger partial charge in [-0.1, -0.05) is 85.0 Å². The zero-order chi connectivity index (χ0) is 41.3. The van der Waals surface area contributed by atoms with Crippen molar-refractivity contribution in [3.63, 3.8) is 0 Å². The number of ether oxygens (including phenoxy) is 2. The second-order valence-electron chi connectivity index (χ2n) is 15.5. The molecule has 0 aliphatic carbocycles. The fourth-order valence-electron chi connectivity index (χ4n) is 6.65. The Morgan fingerprint density at radius 3 is 1.98 bits per heavy atom. The Balaban J connectivity index is 0.00000157. The van der Waals surface area contributed by atoms with Gasteiger partial charge in [0.15, 0.2) is 12.4 Å². The molecule has 320 valence electrons. The molecule has 1 heterocycles. The van der Waals surface area contributed by atoms with Gasteiger partial charge in [-0.05, 0) is 40.3 Å². The van der Waals surface area contributed by atoms with Gasteiger partial charge >= 0.3 is 0 Å². The first-order chi connectivity index (χ1) is 25.5. The normalized spacial score (nSPS) is 21.2. The molecule has 15 nitrogen and oxygen atoms in total. The third-order valence-electron chi connectivity index (χ3n) is 9.75. The number of aliphatic hydroxyl groups excluding tert-OH is 6. The van der Waals surface area contributed by atoms with Crippen molar-refractivity contribution in [2.75, 3.05) is 54.0 Å². The van der Waals surface area contributed by atoms with E-state index in [0.29, 0.717) is 25.9 Å². The molecule has 54 heavy (non-hydrogen) atoms. The number of nitrogens with one attached hydrogen (secondary N) is 1. The maximum atomic E-state index is 12.5. The lowest BCUT2D eigenvalue weighted by molar-refractivity contribution is -0.292. The molecule has 0 bridgehead atoms. The van der Waals surface area contributed by atoms with E-state index in [1.807, 2.05) is 46.8 Å². The van der Waals surface area contributed by atoms with Crippen LogP contribution in [0.5, 0.6) is 0 Å². The maximum Gasteiger partial charge on any atom is 0.251 e. The Labute approximate surface area is 325 Å². The fraction of sp³-hybridized carbons (Fsp3) is 0.923. The number of hydrogen-bond acceptors (Lipinski definition) is 13. The molecule has 0 saturated carbocycles. The van der Waals surface area contributed by atoms with Crippen molar-refractivity contribution in [1.82, 2.24) is 20.2 Å². The number of amides is 2. The highest BCUT2D eigenvalue weighted by molar-refractivity contribution is 5.81. The first-order valence-corrected chi connectivity index (χ1v) is 20.2. The van der Waals surface area contributed by atoms with Crippen molar-refractivity contribution in [3.05, 3.63) is 0 Å². The molecule has 8 atom stereocenters. The van der Waals surface area contributed by atoms with Crippen molar-refractivity contribution >= 4 is 18.1 Å². The third kappa shape index (κ3) is 20.4. The molecular formula is C39H78N4O11. The summed E-state index contributed by atoms with van der Waals surface area (Å²) in [6.07, 6.45) is 6.60. The largest absolute Gasteiger partial charge is 0.394 e. The van der Waals surface area contributed by atoms with Crippen LogP contribution in [0.1, 0.15) is 125 Å². The number of aliphatic hydroxyl groups is 6. The van der Waals surface area contributed by atoms with Crippen LogP contribution in [-0.2, 0) is 23.9 Å². The molecule has 0 aromatic rings. The molecular weight excluding hydrogens is 700 g/mol. The molecule has 15 heteroatoms.